The number of aliphatic carboxylic acids is 1. The van der Waals surface area contributed by atoms with Gasteiger partial charge in [0.2, 0.25) is 0 Å². The third-order valence-corrected chi connectivity index (χ3v) is 3.81. The zero-order valence-electron chi connectivity index (χ0n) is 14.1. The van der Waals surface area contributed by atoms with Gasteiger partial charge in [-0.1, -0.05) is 37.1 Å². The second kappa shape index (κ2) is 7.72. The maximum absolute atomic E-state index is 12.4. The first kappa shape index (κ1) is 17.7. The molecule has 0 aliphatic rings. The van der Waals surface area contributed by atoms with Crippen molar-refractivity contribution in [2.24, 2.45) is 0 Å². The topological polar surface area (TPSA) is 97.1 Å². The first-order valence-corrected chi connectivity index (χ1v) is 7.97. The molecule has 0 bridgehead atoms. The number of unbranched alkanes of at least 4 members (excludes halogenated alkanes) is 1. The van der Waals surface area contributed by atoms with Crippen molar-refractivity contribution in [3.8, 4) is 5.69 Å². The van der Waals surface area contributed by atoms with Crippen LogP contribution in [0.2, 0.25) is 0 Å². The third kappa shape index (κ3) is 3.98. The Hall–Kier alpha value is -2.70. The number of aromatic nitrogens is 3. The van der Waals surface area contributed by atoms with Crippen molar-refractivity contribution >= 4 is 11.9 Å². The predicted octanol–water partition coefficient (Wildman–Crippen LogP) is 2.26. The summed E-state index contributed by atoms with van der Waals surface area (Å²) >= 11 is 0. The Labute approximate surface area is 140 Å². The number of carboxylic acid groups (broad SMARTS) is 1. The second-order valence-corrected chi connectivity index (χ2v) is 5.78. The molecule has 2 aromatic rings. The van der Waals surface area contributed by atoms with Gasteiger partial charge in [0.05, 0.1) is 11.4 Å². The number of nitrogens with zero attached hydrogens (tertiary/aromatic N) is 3. The molecule has 0 spiro atoms. The average molecular weight is 330 g/mol. The second-order valence-electron chi connectivity index (χ2n) is 5.78. The average Bonchev–Trinajstić information content (AvgIpc) is 2.92. The van der Waals surface area contributed by atoms with Gasteiger partial charge in [-0.05, 0) is 38.0 Å². The van der Waals surface area contributed by atoms with Gasteiger partial charge < -0.3 is 10.4 Å². The molecule has 7 heteroatoms. The number of carbonyl (C=O) groups excluding carboxylic acids is 1. The number of nitrogens with one attached hydrogen (secondary N) is 1. The molecule has 128 valence electrons. The van der Waals surface area contributed by atoms with Crippen molar-refractivity contribution in [2.75, 3.05) is 0 Å². The van der Waals surface area contributed by atoms with E-state index in [1.54, 1.807) is 11.6 Å². The van der Waals surface area contributed by atoms with Gasteiger partial charge in [0.1, 0.15) is 6.04 Å². The van der Waals surface area contributed by atoms with Crippen LogP contribution in [0.15, 0.2) is 24.3 Å². The van der Waals surface area contributed by atoms with Crippen LogP contribution in [-0.2, 0) is 4.79 Å². The summed E-state index contributed by atoms with van der Waals surface area (Å²) in [5.74, 6) is -1.56. The molecular weight excluding hydrogens is 308 g/mol. The third-order valence-electron chi connectivity index (χ3n) is 3.81. The fraction of sp³-hybridized carbons (Fsp3) is 0.412. The zero-order chi connectivity index (χ0) is 17.7. The van der Waals surface area contributed by atoms with Crippen LogP contribution in [0.25, 0.3) is 5.69 Å². The predicted molar refractivity (Wildman–Crippen MR) is 89.2 cm³/mol. The van der Waals surface area contributed by atoms with Crippen molar-refractivity contribution < 1.29 is 14.7 Å². The van der Waals surface area contributed by atoms with Crippen molar-refractivity contribution in [1.29, 1.82) is 0 Å². The van der Waals surface area contributed by atoms with E-state index in [0.29, 0.717) is 12.1 Å². The molecule has 1 amide bonds. The molecule has 1 atom stereocenters. The molecule has 1 aromatic carbocycles. The van der Waals surface area contributed by atoms with E-state index in [9.17, 15) is 14.7 Å². The first-order valence-electron chi connectivity index (χ1n) is 7.97. The molecule has 0 saturated heterocycles. The molecule has 0 aliphatic heterocycles. The summed E-state index contributed by atoms with van der Waals surface area (Å²) in [4.78, 5) is 23.6. The summed E-state index contributed by atoms with van der Waals surface area (Å²) < 4.78 is 1.57. The van der Waals surface area contributed by atoms with Crippen molar-refractivity contribution in [2.45, 2.75) is 46.1 Å². The standard InChI is InChI=1S/C17H22N4O3/c1-4-5-9-14(17(23)24)18-16(22)15-12(3)21(20-19-15)13-8-6-7-11(2)10-13/h6-8,10,14H,4-5,9H2,1-3H3,(H,18,22)(H,23,24). The highest BCUT2D eigenvalue weighted by Gasteiger charge is 2.24. The Morgan fingerprint density at radius 2 is 2.08 bits per heavy atom. The number of aryl methyl sites for hydroxylation is 1. The van der Waals surface area contributed by atoms with E-state index in [4.69, 9.17) is 0 Å². The van der Waals surface area contributed by atoms with Crippen molar-refractivity contribution in [3.05, 3.63) is 41.2 Å². The van der Waals surface area contributed by atoms with E-state index < -0.39 is 17.9 Å². The van der Waals surface area contributed by atoms with Crippen LogP contribution in [0.5, 0.6) is 0 Å². The summed E-state index contributed by atoms with van der Waals surface area (Å²) in [7, 11) is 0. The number of carboxylic acids is 1. The Kier molecular flexibility index (Phi) is 5.68. The number of benzene rings is 1. The van der Waals surface area contributed by atoms with Gasteiger partial charge in [-0.2, -0.15) is 0 Å². The zero-order valence-corrected chi connectivity index (χ0v) is 14.1. The molecule has 2 N–H and O–H groups in total. The molecule has 1 aromatic heterocycles. The van der Waals surface area contributed by atoms with Crippen LogP contribution in [0, 0.1) is 13.8 Å². The van der Waals surface area contributed by atoms with E-state index in [1.165, 1.54) is 0 Å². The maximum Gasteiger partial charge on any atom is 0.326 e. The number of amides is 1. The van der Waals surface area contributed by atoms with Gasteiger partial charge in [0.25, 0.3) is 5.91 Å². The van der Waals surface area contributed by atoms with E-state index in [2.05, 4.69) is 15.6 Å². The summed E-state index contributed by atoms with van der Waals surface area (Å²) in [5, 5.41) is 19.7. The molecule has 24 heavy (non-hydrogen) atoms. The minimum absolute atomic E-state index is 0.138. The molecule has 7 nitrogen and oxygen atoms in total. The molecular formula is C17H22N4O3. The largest absolute Gasteiger partial charge is 0.480 e. The van der Waals surface area contributed by atoms with E-state index in [-0.39, 0.29) is 5.69 Å². The molecule has 0 fully saturated rings. The number of rotatable bonds is 7. The molecule has 0 saturated carbocycles. The van der Waals surface area contributed by atoms with Gasteiger partial charge in [0, 0.05) is 0 Å². The van der Waals surface area contributed by atoms with Crippen LogP contribution in [-0.4, -0.2) is 38.0 Å². The van der Waals surface area contributed by atoms with Crippen LogP contribution < -0.4 is 5.32 Å². The number of carbonyl (C=O) groups is 2. The normalized spacial score (nSPS) is 12.0. The molecule has 0 radical (unpaired) electrons. The summed E-state index contributed by atoms with van der Waals surface area (Å²) in [6, 6.07) is 6.76. The monoisotopic (exact) mass is 330 g/mol. The highest BCUT2D eigenvalue weighted by atomic mass is 16.4. The summed E-state index contributed by atoms with van der Waals surface area (Å²) in [5.41, 5.74) is 2.58. The van der Waals surface area contributed by atoms with Gasteiger partial charge in [-0.3, -0.25) is 4.79 Å². The maximum atomic E-state index is 12.4. The van der Waals surface area contributed by atoms with Crippen LogP contribution in [0.1, 0.15) is 47.9 Å². The molecule has 1 unspecified atom stereocenters. The minimum Gasteiger partial charge on any atom is -0.480 e. The first-order chi connectivity index (χ1) is 11.4. The van der Waals surface area contributed by atoms with Crippen molar-refractivity contribution in [3.63, 3.8) is 0 Å². The Bertz CT molecular complexity index is 739. The Morgan fingerprint density at radius 3 is 2.71 bits per heavy atom. The van der Waals surface area contributed by atoms with Gasteiger partial charge in [0.15, 0.2) is 5.69 Å². The lowest BCUT2D eigenvalue weighted by Crippen LogP contribution is -2.41. The fourth-order valence-corrected chi connectivity index (χ4v) is 2.44. The highest BCUT2D eigenvalue weighted by Crippen LogP contribution is 2.14. The lowest BCUT2D eigenvalue weighted by atomic mass is 10.1. The number of hydrogen-bond acceptors (Lipinski definition) is 4. The Morgan fingerprint density at radius 1 is 1.33 bits per heavy atom. The van der Waals surface area contributed by atoms with Gasteiger partial charge in [-0.25, -0.2) is 9.48 Å². The quantitative estimate of drug-likeness (QED) is 0.811. The minimum atomic E-state index is -1.04. The van der Waals surface area contributed by atoms with E-state index in [0.717, 1.165) is 24.1 Å². The summed E-state index contributed by atoms with van der Waals surface area (Å²) in [6.45, 7) is 5.67. The fourth-order valence-electron chi connectivity index (χ4n) is 2.44. The lowest BCUT2D eigenvalue weighted by Gasteiger charge is -2.13. The molecule has 2 rings (SSSR count). The van der Waals surface area contributed by atoms with Gasteiger partial charge >= 0.3 is 5.97 Å². The summed E-state index contributed by atoms with van der Waals surface area (Å²) in [6.07, 6.45) is 1.98. The smallest absolute Gasteiger partial charge is 0.326 e. The van der Waals surface area contributed by atoms with Gasteiger partial charge in [-0.15, -0.1) is 5.10 Å². The number of hydrogen-bond donors (Lipinski definition) is 2. The highest BCUT2D eigenvalue weighted by molar-refractivity contribution is 5.95. The Balaban J connectivity index is 2.20. The van der Waals surface area contributed by atoms with Crippen LogP contribution >= 0.6 is 0 Å². The van der Waals surface area contributed by atoms with Crippen molar-refractivity contribution in [1.82, 2.24) is 20.3 Å². The lowest BCUT2D eigenvalue weighted by molar-refractivity contribution is -0.139. The SMILES string of the molecule is CCCCC(NC(=O)c1nnn(-c2cccc(C)c2)c1C)C(=O)O. The molecule has 0 aliphatic carbocycles. The van der Waals surface area contributed by atoms with E-state index >= 15 is 0 Å². The van der Waals surface area contributed by atoms with E-state index in [1.807, 2.05) is 38.1 Å². The molecule has 1 heterocycles. The van der Waals surface area contributed by atoms with Crippen LogP contribution in [0.3, 0.4) is 0 Å². The van der Waals surface area contributed by atoms with Crippen LogP contribution in [0.4, 0.5) is 0 Å².